The van der Waals surface area contributed by atoms with Crippen LogP contribution in [0, 0.1) is 0 Å². The third kappa shape index (κ3) is 2.39. The average Bonchev–Trinajstić information content (AvgIpc) is 2.78. The number of rotatable bonds is 3. The van der Waals surface area contributed by atoms with Gasteiger partial charge in [0.15, 0.2) is 5.82 Å². The Kier molecular flexibility index (Phi) is 3.83. The second-order valence-electron chi connectivity index (χ2n) is 4.08. The van der Waals surface area contributed by atoms with Gasteiger partial charge in [0.05, 0.1) is 12.1 Å². The van der Waals surface area contributed by atoms with Crippen molar-refractivity contribution >= 4 is 11.8 Å². The molecule has 90 valence electrons. The summed E-state index contributed by atoms with van der Waals surface area (Å²) in [6.45, 7) is 3.08. The molecular weight excluding hydrogens is 224 g/mol. The van der Waals surface area contributed by atoms with E-state index in [-0.39, 0.29) is 12.1 Å². The Hall–Kier alpha value is -0.590. The van der Waals surface area contributed by atoms with Crippen molar-refractivity contribution in [1.82, 2.24) is 15.0 Å². The van der Waals surface area contributed by atoms with Crippen molar-refractivity contribution in [1.29, 1.82) is 0 Å². The minimum Gasteiger partial charge on any atom is -0.338 e. The molecule has 1 aliphatic heterocycles. The Labute approximate surface area is 99.8 Å². The maximum atomic E-state index is 5.86. The Morgan fingerprint density at radius 2 is 2.50 bits per heavy atom. The summed E-state index contributed by atoms with van der Waals surface area (Å²) in [5.41, 5.74) is 5.86. The number of thioether (sulfide) groups is 1. The molecule has 0 bridgehead atoms. The Morgan fingerprint density at radius 3 is 3.19 bits per heavy atom. The molecule has 0 amide bonds. The first-order chi connectivity index (χ1) is 7.72. The van der Waals surface area contributed by atoms with Gasteiger partial charge in [-0.1, -0.05) is 12.1 Å². The van der Waals surface area contributed by atoms with Gasteiger partial charge in [0.2, 0.25) is 5.89 Å². The molecule has 1 unspecified atom stereocenters. The lowest BCUT2D eigenvalue weighted by atomic mass is 10.2. The lowest BCUT2D eigenvalue weighted by Crippen LogP contribution is -2.33. The molecule has 2 atom stereocenters. The van der Waals surface area contributed by atoms with E-state index in [1.165, 1.54) is 5.75 Å². The van der Waals surface area contributed by atoms with Crippen molar-refractivity contribution < 1.29 is 4.52 Å². The highest BCUT2D eigenvalue weighted by Crippen LogP contribution is 2.26. The summed E-state index contributed by atoms with van der Waals surface area (Å²) in [6.07, 6.45) is 0.816. The summed E-state index contributed by atoms with van der Waals surface area (Å²) in [5, 5.41) is 4.04. The van der Waals surface area contributed by atoms with Crippen LogP contribution in [0.25, 0.3) is 0 Å². The second kappa shape index (κ2) is 5.16. The highest BCUT2D eigenvalue weighted by molar-refractivity contribution is 7.99. The zero-order chi connectivity index (χ0) is 11.5. The van der Waals surface area contributed by atoms with Crippen molar-refractivity contribution in [3.8, 4) is 0 Å². The molecule has 1 aromatic rings. The number of nitrogens with zero attached hydrogens (tertiary/aromatic N) is 3. The van der Waals surface area contributed by atoms with Gasteiger partial charge < -0.3 is 10.3 Å². The molecule has 0 aliphatic carbocycles. The molecule has 0 aromatic carbocycles. The van der Waals surface area contributed by atoms with E-state index in [4.69, 9.17) is 10.3 Å². The summed E-state index contributed by atoms with van der Waals surface area (Å²) in [7, 11) is 2.10. The molecule has 1 aromatic heterocycles. The topological polar surface area (TPSA) is 68.2 Å². The maximum absolute atomic E-state index is 5.86. The SMILES string of the molecule is CC[C@H](N)c1nc(C2CSCCN2C)no1. The molecule has 2 N–H and O–H groups in total. The summed E-state index contributed by atoms with van der Waals surface area (Å²) < 4.78 is 5.20. The van der Waals surface area contributed by atoms with Crippen LogP contribution in [0.5, 0.6) is 0 Å². The third-order valence-corrected chi connectivity index (χ3v) is 3.93. The lowest BCUT2D eigenvalue weighted by molar-refractivity contribution is 0.256. The van der Waals surface area contributed by atoms with Gasteiger partial charge in [0, 0.05) is 18.1 Å². The van der Waals surface area contributed by atoms with Gasteiger partial charge in [0.1, 0.15) is 0 Å². The van der Waals surface area contributed by atoms with Gasteiger partial charge in [0.25, 0.3) is 0 Å². The molecule has 1 fully saturated rings. The van der Waals surface area contributed by atoms with Crippen LogP contribution in [0.2, 0.25) is 0 Å². The van der Waals surface area contributed by atoms with Crippen molar-refractivity contribution in [2.75, 3.05) is 25.1 Å². The monoisotopic (exact) mass is 242 g/mol. The molecule has 6 heteroatoms. The van der Waals surface area contributed by atoms with E-state index >= 15 is 0 Å². The summed E-state index contributed by atoms with van der Waals surface area (Å²) in [5.74, 6) is 3.53. The van der Waals surface area contributed by atoms with Gasteiger partial charge >= 0.3 is 0 Å². The van der Waals surface area contributed by atoms with Crippen LogP contribution in [0.3, 0.4) is 0 Å². The number of hydrogen-bond acceptors (Lipinski definition) is 6. The standard InChI is InChI=1S/C10H18N4OS/c1-3-7(11)10-12-9(13-15-10)8-6-16-5-4-14(8)2/h7-8H,3-6,11H2,1-2H3/t7-,8?/m0/s1. The number of hydrogen-bond donors (Lipinski definition) is 1. The third-order valence-electron chi connectivity index (χ3n) is 2.91. The summed E-state index contributed by atoms with van der Waals surface area (Å²) in [4.78, 5) is 6.66. The quantitative estimate of drug-likeness (QED) is 0.859. The normalized spacial score (nSPS) is 24.6. The molecule has 5 nitrogen and oxygen atoms in total. The number of nitrogens with two attached hydrogens (primary N) is 1. The first kappa shape index (κ1) is 11.9. The van der Waals surface area contributed by atoms with E-state index in [0.29, 0.717) is 5.89 Å². The van der Waals surface area contributed by atoms with E-state index < -0.39 is 0 Å². The molecule has 1 saturated heterocycles. The number of aromatic nitrogens is 2. The Bertz CT molecular complexity index is 343. The minimum absolute atomic E-state index is 0.136. The van der Waals surface area contributed by atoms with Gasteiger partial charge in [-0.15, -0.1) is 0 Å². The lowest BCUT2D eigenvalue weighted by Gasteiger charge is -2.29. The smallest absolute Gasteiger partial charge is 0.243 e. The highest BCUT2D eigenvalue weighted by atomic mass is 32.2. The van der Waals surface area contributed by atoms with Crippen LogP contribution in [0.15, 0.2) is 4.52 Å². The van der Waals surface area contributed by atoms with Crippen LogP contribution in [0.4, 0.5) is 0 Å². The fraction of sp³-hybridized carbons (Fsp3) is 0.800. The molecule has 2 heterocycles. The minimum atomic E-state index is -0.136. The molecule has 16 heavy (non-hydrogen) atoms. The van der Waals surface area contributed by atoms with Crippen molar-refractivity contribution in [3.63, 3.8) is 0 Å². The van der Waals surface area contributed by atoms with E-state index in [0.717, 1.165) is 24.5 Å². The van der Waals surface area contributed by atoms with Crippen molar-refractivity contribution in [2.45, 2.75) is 25.4 Å². The molecule has 1 aliphatic rings. The van der Waals surface area contributed by atoms with Gasteiger partial charge in [-0.25, -0.2) is 0 Å². The van der Waals surface area contributed by atoms with Gasteiger partial charge in [-0.3, -0.25) is 4.90 Å². The van der Waals surface area contributed by atoms with E-state index in [1.54, 1.807) is 0 Å². The van der Waals surface area contributed by atoms with Crippen LogP contribution >= 0.6 is 11.8 Å². The Morgan fingerprint density at radius 1 is 1.69 bits per heavy atom. The van der Waals surface area contributed by atoms with Gasteiger partial charge in [-0.2, -0.15) is 16.7 Å². The zero-order valence-electron chi connectivity index (χ0n) is 9.72. The fourth-order valence-corrected chi connectivity index (χ4v) is 2.88. The zero-order valence-corrected chi connectivity index (χ0v) is 10.5. The van der Waals surface area contributed by atoms with Crippen LogP contribution in [-0.2, 0) is 0 Å². The molecular formula is C10H18N4OS. The maximum Gasteiger partial charge on any atom is 0.243 e. The molecule has 0 radical (unpaired) electrons. The van der Waals surface area contributed by atoms with Crippen molar-refractivity contribution in [3.05, 3.63) is 11.7 Å². The highest BCUT2D eigenvalue weighted by Gasteiger charge is 2.26. The van der Waals surface area contributed by atoms with Gasteiger partial charge in [-0.05, 0) is 13.5 Å². The van der Waals surface area contributed by atoms with Crippen LogP contribution in [0.1, 0.15) is 37.1 Å². The largest absolute Gasteiger partial charge is 0.338 e. The first-order valence-corrected chi connectivity index (χ1v) is 6.75. The van der Waals surface area contributed by atoms with Crippen LogP contribution < -0.4 is 5.73 Å². The first-order valence-electron chi connectivity index (χ1n) is 5.59. The summed E-state index contributed by atoms with van der Waals surface area (Å²) in [6, 6.07) is 0.128. The fourth-order valence-electron chi connectivity index (χ4n) is 1.67. The van der Waals surface area contributed by atoms with E-state index in [9.17, 15) is 0 Å². The second-order valence-corrected chi connectivity index (χ2v) is 5.23. The average molecular weight is 242 g/mol. The van der Waals surface area contributed by atoms with E-state index in [2.05, 4.69) is 22.1 Å². The van der Waals surface area contributed by atoms with Crippen molar-refractivity contribution in [2.24, 2.45) is 5.73 Å². The molecule has 2 rings (SSSR count). The molecule has 0 spiro atoms. The summed E-state index contributed by atoms with van der Waals surface area (Å²) >= 11 is 1.93. The molecule has 0 saturated carbocycles. The Balaban J connectivity index is 2.11. The van der Waals surface area contributed by atoms with E-state index in [1.807, 2.05) is 18.7 Å². The van der Waals surface area contributed by atoms with Crippen LogP contribution in [-0.4, -0.2) is 40.1 Å². The predicted octanol–water partition coefficient (Wildman–Crippen LogP) is 1.20. The predicted molar refractivity (Wildman–Crippen MR) is 64.2 cm³/mol.